The molecule has 0 N–H and O–H groups in total. The van der Waals surface area contributed by atoms with Gasteiger partial charge in [0.25, 0.3) is 5.91 Å². The normalized spacial score (nSPS) is 17.3. The van der Waals surface area contributed by atoms with E-state index >= 15 is 0 Å². The highest BCUT2D eigenvalue weighted by Gasteiger charge is 2.35. The lowest BCUT2D eigenvalue weighted by Crippen LogP contribution is -2.43. The van der Waals surface area contributed by atoms with Gasteiger partial charge >= 0.3 is 0 Å². The fourth-order valence-electron chi connectivity index (χ4n) is 4.08. The van der Waals surface area contributed by atoms with E-state index in [1.165, 1.54) is 11.1 Å². The minimum Gasteiger partial charge on any atom is -0.293 e. The van der Waals surface area contributed by atoms with Gasteiger partial charge in [0.1, 0.15) is 5.71 Å². The van der Waals surface area contributed by atoms with E-state index in [1.807, 2.05) is 35.2 Å². The molecule has 2 aliphatic rings. The maximum absolute atomic E-state index is 13.4. The Bertz CT molecular complexity index is 1180. The molecule has 0 spiro atoms. The van der Waals surface area contributed by atoms with Crippen molar-refractivity contribution in [1.82, 2.24) is 4.90 Å². The number of hydrogen-bond donors (Lipinski definition) is 0. The maximum Gasteiger partial charge on any atom is 0.278 e. The number of anilines is 1. The van der Waals surface area contributed by atoms with Crippen molar-refractivity contribution < 1.29 is 4.79 Å². The van der Waals surface area contributed by atoms with Crippen LogP contribution < -0.4 is 4.90 Å². The van der Waals surface area contributed by atoms with E-state index in [0.717, 1.165) is 35.2 Å². The van der Waals surface area contributed by atoms with Crippen molar-refractivity contribution in [3.05, 3.63) is 92.9 Å². The number of halogens is 2. The largest absolute Gasteiger partial charge is 0.293 e. The molecule has 3 aromatic rings. The molecule has 0 aliphatic carbocycles. The molecule has 0 saturated carbocycles. The Hall–Kier alpha value is -2.47. The molecule has 0 saturated heterocycles. The summed E-state index contributed by atoms with van der Waals surface area (Å²) in [7, 11) is 0. The number of aliphatic imine (C=N–C) groups is 1. The first-order valence-electron chi connectivity index (χ1n) is 9.84. The molecule has 0 aromatic heterocycles. The first-order chi connectivity index (χ1) is 14.6. The molecular weight excluding hydrogens is 462 g/mol. The van der Waals surface area contributed by atoms with Crippen LogP contribution in [-0.4, -0.2) is 29.7 Å². The molecule has 3 aromatic carbocycles. The average Bonchev–Trinajstić information content (AvgIpc) is 2.99. The highest BCUT2D eigenvalue weighted by atomic mass is 79.9. The lowest BCUT2D eigenvalue weighted by atomic mass is 10.0. The minimum absolute atomic E-state index is 0.0815. The van der Waals surface area contributed by atoms with E-state index < -0.39 is 0 Å². The Kier molecular flexibility index (Phi) is 5.19. The van der Waals surface area contributed by atoms with Crippen LogP contribution in [0, 0.1) is 0 Å². The predicted octanol–water partition coefficient (Wildman–Crippen LogP) is 5.59. The summed E-state index contributed by atoms with van der Waals surface area (Å²) in [6.07, 6.45) is 0.995. The summed E-state index contributed by atoms with van der Waals surface area (Å²) in [6.45, 7) is 2.30. The van der Waals surface area contributed by atoms with Gasteiger partial charge in [0.15, 0.2) is 0 Å². The summed E-state index contributed by atoms with van der Waals surface area (Å²) in [5.41, 5.74) is 5.58. The number of hydrogen-bond acceptors (Lipinski definition) is 3. The van der Waals surface area contributed by atoms with Gasteiger partial charge in [-0.1, -0.05) is 57.9 Å². The van der Waals surface area contributed by atoms with Gasteiger partial charge in [-0.3, -0.25) is 14.6 Å². The van der Waals surface area contributed by atoms with Crippen LogP contribution >= 0.6 is 27.5 Å². The lowest BCUT2D eigenvalue weighted by molar-refractivity contribution is -0.112. The van der Waals surface area contributed by atoms with E-state index in [4.69, 9.17) is 11.6 Å². The van der Waals surface area contributed by atoms with Crippen LogP contribution in [0.1, 0.15) is 16.7 Å². The van der Waals surface area contributed by atoms with Crippen LogP contribution in [0.25, 0.3) is 0 Å². The number of nitrogens with zero attached hydrogens (tertiary/aromatic N) is 3. The smallest absolute Gasteiger partial charge is 0.278 e. The molecule has 5 rings (SSSR count). The predicted molar refractivity (Wildman–Crippen MR) is 125 cm³/mol. The highest BCUT2D eigenvalue weighted by Crippen LogP contribution is 2.34. The molecule has 0 radical (unpaired) electrons. The SMILES string of the molecule is O=C1C(=Nc2cccc(Cl)c2)c2cc(Br)ccc2N1CN1CCc2ccccc2C1. The summed E-state index contributed by atoms with van der Waals surface area (Å²) >= 11 is 9.64. The topological polar surface area (TPSA) is 35.9 Å². The summed E-state index contributed by atoms with van der Waals surface area (Å²) in [5, 5.41) is 0.598. The lowest BCUT2D eigenvalue weighted by Gasteiger charge is -2.32. The third-order valence-electron chi connectivity index (χ3n) is 5.55. The molecule has 30 heavy (non-hydrogen) atoms. The van der Waals surface area contributed by atoms with E-state index in [-0.39, 0.29) is 5.91 Å². The number of carbonyl (C=O) groups excluding carboxylic acids is 1. The van der Waals surface area contributed by atoms with Crippen molar-refractivity contribution in [3.8, 4) is 0 Å². The molecule has 2 heterocycles. The van der Waals surface area contributed by atoms with E-state index in [9.17, 15) is 4.79 Å². The van der Waals surface area contributed by atoms with Crippen molar-refractivity contribution >= 4 is 50.5 Å². The highest BCUT2D eigenvalue weighted by molar-refractivity contribution is 9.10. The molecule has 0 atom stereocenters. The van der Waals surface area contributed by atoms with Crippen molar-refractivity contribution in [2.45, 2.75) is 13.0 Å². The van der Waals surface area contributed by atoms with Crippen molar-refractivity contribution in [2.75, 3.05) is 18.1 Å². The number of fused-ring (bicyclic) bond motifs is 2. The standard InChI is InChI=1S/C24H19BrClN3O/c25-18-8-9-22-21(12-18)23(27-20-7-3-6-19(26)13-20)24(30)29(22)15-28-11-10-16-4-1-2-5-17(16)14-28/h1-9,12-13H,10-11,14-15H2. The first-order valence-corrected chi connectivity index (χ1v) is 11.0. The quantitative estimate of drug-likeness (QED) is 0.490. The van der Waals surface area contributed by atoms with E-state index in [2.05, 4.69) is 50.1 Å². The fourth-order valence-corrected chi connectivity index (χ4v) is 4.63. The third kappa shape index (κ3) is 3.69. The average molecular weight is 481 g/mol. The zero-order chi connectivity index (χ0) is 20.7. The van der Waals surface area contributed by atoms with E-state index in [1.54, 1.807) is 12.1 Å². The van der Waals surface area contributed by atoms with Crippen molar-refractivity contribution in [1.29, 1.82) is 0 Å². The first kappa shape index (κ1) is 19.5. The van der Waals surface area contributed by atoms with Gasteiger partial charge in [0.05, 0.1) is 18.0 Å². The molecule has 1 amide bonds. The van der Waals surface area contributed by atoms with Gasteiger partial charge in [0, 0.05) is 28.1 Å². The summed E-state index contributed by atoms with van der Waals surface area (Å²) in [5.74, 6) is -0.0815. The number of carbonyl (C=O) groups is 1. The van der Waals surface area contributed by atoms with Gasteiger partial charge in [-0.05, 0) is 53.9 Å². The molecule has 150 valence electrons. The van der Waals surface area contributed by atoms with Crippen LogP contribution in [-0.2, 0) is 17.8 Å². The van der Waals surface area contributed by atoms with Gasteiger partial charge in [0.2, 0.25) is 0 Å². The fraction of sp³-hybridized carbons (Fsp3) is 0.167. The van der Waals surface area contributed by atoms with Crippen molar-refractivity contribution in [2.24, 2.45) is 4.99 Å². The molecular formula is C24H19BrClN3O. The monoisotopic (exact) mass is 479 g/mol. The van der Waals surface area contributed by atoms with Gasteiger partial charge < -0.3 is 0 Å². The van der Waals surface area contributed by atoms with Crippen LogP contribution in [0.2, 0.25) is 5.02 Å². The van der Waals surface area contributed by atoms with Crippen LogP contribution in [0.4, 0.5) is 11.4 Å². The maximum atomic E-state index is 13.4. The summed E-state index contributed by atoms with van der Waals surface area (Å²) in [6, 6.07) is 21.7. The third-order valence-corrected chi connectivity index (χ3v) is 6.28. The Labute approximate surface area is 188 Å². The summed E-state index contributed by atoms with van der Waals surface area (Å²) in [4.78, 5) is 22.2. The number of rotatable bonds is 3. The van der Waals surface area contributed by atoms with Crippen molar-refractivity contribution in [3.63, 3.8) is 0 Å². The van der Waals surface area contributed by atoms with Crippen LogP contribution in [0.3, 0.4) is 0 Å². The molecule has 6 heteroatoms. The van der Waals surface area contributed by atoms with Gasteiger partial charge in [-0.15, -0.1) is 0 Å². The molecule has 2 aliphatic heterocycles. The van der Waals surface area contributed by atoms with Crippen LogP contribution in [0.5, 0.6) is 0 Å². The molecule has 0 unspecified atom stereocenters. The van der Waals surface area contributed by atoms with Gasteiger partial charge in [-0.2, -0.15) is 0 Å². The van der Waals surface area contributed by atoms with Gasteiger partial charge in [-0.25, -0.2) is 4.99 Å². The van der Waals surface area contributed by atoms with Crippen LogP contribution in [0.15, 0.2) is 76.2 Å². The second kappa shape index (κ2) is 7.99. The number of amides is 1. The summed E-state index contributed by atoms with van der Waals surface area (Å²) < 4.78 is 0.918. The zero-order valence-corrected chi connectivity index (χ0v) is 18.5. The minimum atomic E-state index is -0.0815. The second-order valence-electron chi connectivity index (χ2n) is 7.55. The molecule has 4 nitrogen and oxygen atoms in total. The van der Waals surface area contributed by atoms with E-state index in [0.29, 0.717) is 23.1 Å². The Morgan fingerprint density at radius 3 is 2.67 bits per heavy atom. The molecule has 0 fully saturated rings. The number of benzene rings is 3. The second-order valence-corrected chi connectivity index (χ2v) is 8.90. The molecule has 0 bridgehead atoms. The Morgan fingerprint density at radius 1 is 1.00 bits per heavy atom. The zero-order valence-electron chi connectivity index (χ0n) is 16.2. The Balaban J connectivity index is 1.48. The Morgan fingerprint density at radius 2 is 1.83 bits per heavy atom.